The quantitative estimate of drug-likeness (QED) is 0.687. The molecule has 3 rings (SSSR count). The minimum atomic E-state index is 0.712. The highest BCUT2D eigenvalue weighted by Crippen LogP contribution is 2.20. The van der Waals surface area contributed by atoms with Crippen molar-refractivity contribution in [2.45, 2.75) is 13.1 Å². The molecule has 22 heavy (non-hydrogen) atoms. The van der Waals surface area contributed by atoms with Crippen LogP contribution in [-0.2, 0) is 17.9 Å². The van der Waals surface area contributed by atoms with Gasteiger partial charge in [-0.15, -0.1) is 0 Å². The number of H-pyrrole nitrogens is 1. The van der Waals surface area contributed by atoms with Gasteiger partial charge >= 0.3 is 0 Å². The molecule has 0 spiro atoms. The number of amides is 1. The fourth-order valence-electron chi connectivity index (χ4n) is 2.64. The second kappa shape index (κ2) is 6.41. The maximum Gasteiger partial charge on any atom is 0.211 e. The lowest BCUT2D eigenvalue weighted by molar-refractivity contribution is -0.105. The smallest absolute Gasteiger partial charge is 0.211 e. The molecule has 0 atom stereocenters. The molecule has 0 aliphatic rings. The number of fused-ring (bicyclic) bond motifs is 1. The Hall–Kier alpha value is -2.66. The molecule has 5 nitrogen and oxygen atoms in total. The molecule has 0 fully saturated rings. The lowest BCUT2D eigenvalue weighted by atomic mass is 10.1. The van der Waals surface area contributed by atoms with Gasteiger partial charge in [-0.25, -0.2) is 4.98 Å². The molecule has 0 radical (unpaired) electrons. The zero-order valence-electron chi connectivity index (χ0n) is 12.4. The number of hydrogen-bond acceptors (Lipinski definition) is 3. The van der Waals surface area contributed by atoms with Crippen molar-refractivity contribution < 1.29 is 4.79 Å². The summed E-state index contributed by atoms with van der Waals surface area (Å²) in [5, 5.41) is 3.89. The zero-order valence-corrected chi connectivity index (χ0v) is 12.4. The molecule has 0 unspecified atom stereocenters. The molecule has 0 aliphatic carbocycles. The van der Waals surface area contributed by atoms with E-state index in [2.05, 4.69) is 33.3 Å². The van der Waals surface area contributed by atoms with E-state index in [1.807, 2.05) is 36.5 Å². The molecule has 0 bridgehead atoms. The van der Waals surface area contributed by atoms with Crippen LogP contribution in [-0.4, -0.2) is 28.3 Å². The van der Waals surface area contributed by atoms with Gasteiger partial charge in [0.05, 0.1) is 0 Å². The Balaban J connectivity index is 1.75. The third-order valence-electron chi connectivity index (χ3n) is 3.65. The molecular formula is C17H18N4O. The first-order valence-corrected chi connectivity index (χ1v) is 7.15. The summed E-state index contributed by atoms with van der Waals surface area (Å²) in [7, 11) is 2.06. The predicted octanol–water partition coefficient (Wildman–Crippen LogP) is 2.76. The van der Waals surface area contributed by atoms with Crippen LogP contribution >= 0.6 is 0 Å². The summed E-state index contributed by atoms with van der Waals surface area (Å²) in [6, 6.07) is 11.9. The van der Waals surface area contributed by atoms with Gasteiger partial charge in [-0.3, -0.25) is 9.69 Å². The second-order valence-electron chi connectivity index (χ2n) is 5.31. The maximum absolute atomic E-state index is 10.7. The molecule has 0 aliphatic heterocycles. The fourth-order valence-corrected chi connectivity index (χ4v) is 2.64. The van der Waals surface area contributed by atoms with Crippen molar-refractivity contribution in [3.05, 3.63) is 59.9 Å². The van der Waals surface area contributed by atoms with Gasteiger partial charge < -0.3 is 10.3 Å². The molecule has 2 N–H and O–H groups in total. The Labute approximate surface area is 129 Å². The van der Waals surface area contributed by atoms with Crippen molar-refractivity contribution in [1.82, 2.24) is 14.9 Å². The summed E-state index contributed by atoms with van der Waals surface area (Å²) in [5.41, 5.74) is 4.07. The number of hydrogen-bond donors (Lipinski definition) is 2. The number of aromatic nitrogens is 2. The molecule has 112 valence electrons. The number of benzene rings is 1. The van der Waals surface area contributed by atoms with Crippen LogP contribution in [0.2, 0.25) is 0 Å². The van der Waals surface area contributed by atoms with E-state index in [0.717, 1.165) is 35.4 Å². The number of rotatable bonds is 6. The number of aromatic amines is 1. The van der Waals surface area contributed by atoms with E-state index in [0.29, 0.717) is 6.41 Å². The molecule has 2 heterocycles. The average molecular weight is 294 g/mol. The summed E-state index contributed by atoms with van der Waals surface area (Å²) in [6.45, 7) is 1.56. The van der Waals surface area contributed by atoms with Gasteiger partial charge in [0.25, 0.3) is 0 Å². The minimum absolute atomic E-state index is 0.712. The molecule has 1 amide bonds. The molecule has 2 aromatic heterocycles. The van der Waals surface area contributed by atoms with Crippen molar-refractivity contribution in [2.75, 3.05) is 12.4 Å². The number of carbonyl (C=O) groups excluding carboxylic acids is 1. The molecule has 0 saturated carbocycles. The third-order valence-corrected chi connectivity index (χ3v) is 3.65. The van der Waals surface area contributed by atoms with Crippen molar-refractivity contribution in [2.24, 2.45) is 0 Å². The largest absolute Gasteiger partial charge is 0.346 e. The summed E-state index contributed by atoms with van der Waals surface area (Å²) in [6.07, 6.45) is 4.50. The molecule has 0 saturated heterocycles. The van der Waals surface area contributed by atoms with E-state index >= 15 is 0 Å². The Morgan fingerprint density at radius 1 is 1.18 bits per heavy atom. The van der Waals surface area contributed by atoms with Crippen LogP contribution in [0.1, 0.15) is 11.1 Å². The number of carbonyl (C=O) groups is 1. The monoisotopic (exact) mass is 294 g/mol. The molecule has 1 aromatic carbocycles. The van der Waals surface area contributed by atoms with Crippen molar-refractivity contribution >= 4 is 23.1 Å². The summed E-state index contributed by atoms with van der Waals surface area (Å²) in [4.78, 5) is 20.4. The highest BCUT2D eigenvalue weighted by Gasteiger charge is 2.09. The number of para-hydroxylation sites is 1. The normalized spacial score (nSPS) is 11.0. The maximum atomic E-state index is 10.7. The second-order valence-corrected chi connectivity index (χ2v) is 5.31. The Morgan fingerprint density at radius 2 is 2.00 bits per heavy atom. The van der Waals surface area contributed by atoms with Gasteiger partial charge in [-0.05, 0) is 36.4 Å². The van der Waals surface area contributed by atoms with Crippen LogP contribution in [0.15, 0.2) is 48.8 Å². The Morgan fingerprint density at radius 3 is 2.86 bits per heavy atom. The highest BCUT2D eigenvalue weighted by molar-refractivity contribution is 5.79. The standard InChI is InChI=1S/C17H18N4O/c1-21(10-13-5-2-3-7-16(13)20-12-22)11-14-9-19-17-15(14)6-4-8-18-17/h2-9,12H,10-11H2,1H3,(H,18,19)(H,20,22). The van der Waals surface area contributed by atoms with Crippen molar-refractivity contribution in [1.29, 1.82) is 0 Å². The van der Waals surface area contributed by atoms with Crippen LogP contribution in [0.3, 0.4) is 0 Å². The fraction of sp³-hybridized carbons (Fsp3) is 0.176. The van der Waals surface area contributed by atoms with Gasteiger partial charge in [0, 0.05) is 36.6 Å². The van der Waals surface area contributed by atoms with Crippen LogP contribution in [0.25, 0.3) is 11.0 Å². The minimum Gasteiger partial charge on any atom is -0.346 e. The summed E-state index contributed by atoms with van der Waals surface area (Å²) < 4.78 is 0. The predicted molar refractivity (Wildman–Crippen MR) is 87.4 cm³/mol. The zero-order chi connectivity index (χ0) is 15.4. The van der Waals surface area contributed by atoms with Gasteiger partial charge in [0.15, 0.2) is 0 Å². The molecule has 5 heteroatoms. The van der Waals surface area contributed by atoms with Gasteiger partial charge in [0.2, 0.25) is 6.41 Å². The van der Waals surface area contributed by atoms with E-state index in [4.69, 9.17) is 0 Å². The van der Waals surface area contributed by atoms with Crippen molar-refractivity contribution in [3.8, 4) is 0 Å². The van der Waals surface area contributed by atoms with Gasteiger partial charge in [0.1, 0.15) is 5.65 Å². The van der Waals surface area contributed by atoms with Crippen LogP contribution in [0, 0.1) is 0 Å². The van der Waals surface area contributed by atoms with E-state index in [1.165, 1.54) is 5.56 Å². The lowest BCUT2D eigenvalue weighted by Crippen LogP contribution is -2.18. The average Bonchev–Trinajstić information content (AvgIpc) is 2.93. The Kier molecular flexibility index (Phi) is 4.16. The van der Waals surface area contributed by atoms with Crippen molar-refractivity contribution in [3.63, 3.8) is 0 Å². The molecular weight excluding hydrogens is 276 g/mol. The first-order chi connectivity index (χ1) is 10.8. The molecule has 3 aromatic rings. The van der Waals surface area contributed by atoms with Crippen LogP contribution < -0.4 is 5.32 Å². The highest BCUT2D eigenvalue weighted by atomic mass is 16.1. The number of nitrogens with one attached hydrogen (secondary N) is 2. The number of pyridine rings is 1. The lowest BCUT2D eigenvalue weighted by Gasteiger charge is -2.18. The van der Waals surface area contributed by atoms with E-state index < -0.39 is 0 Å². The third kappa shape index (κ3) is 2.99. The topological polar surface area (TPSA) is 61.0 Å². The summed E-state index contributed by atoms with van der Waals surface area (Å²) >= 11 is 0. The SMILES string of the molecule is CN(Cc1ccccc1NC=O)Cc1c[nH]c2ncccc12. The van der Waals surface area contributed by atoms with E-state index in [1.54, 1.807) is 6.20 Å². The Bertz CT molecular complexity index is 781. The number of anilines is 1. The van der Waals surface area contributed by atoms with E-state index in [9.17, 15) is 4.79 Å². The van der Waals surface area contributed by atoms with Gasteiger partial charge in [-0.2, -0.15) is 0 Å². The van der Waals surface area contributed by atoms with Crippen LogP contribution in [0.4, 0.5) is 5.69 Å². The van der Waals surface area contributed by atoms with E-state index in [-0.39, 0.29) is 0 Å². The first kappa shape index (κ1) is 14.3. The first-order valence-electron chi connectivity index (χ1n) is 7.15. The van der Waals surface area contributed by atoms with Gasteiger partial charge in [-0.1, -0.05) is 18.2 Å². The summed E-state index contributed by atoms with van der Waals surface area (Å²) in [5.74, 6) is 0. The number of nitrogens with zero attached hydrogens (tertiary/aromatic N) is 2. The van der Waals surface area contributed by atoms with Crippen LogP contribution in [0.5, 0.6) is 0 Å².